The van der Waals surface area contributed by atoms with E-state index < -0.39 is 0 Å². The molecule has 1 heteroatoms. The van der Waals surface area contributed by atoms with Gasteiger partial charge in [-0.05, 0) is 24.7 Å². The van der Waals surface area contributed by atoms with E-state index in [1.807, 2.05) is 0 Å². The van der Waals surface area contributed by atoms with Gasteiger partial charge in [-0.3, -0.25) is 0 Å². The Morgan fingerprint density at radius 3 is 2.00 bits per heavy atom. The van der Waals surface area contributed by atoms with E-state index in [2.05, 4.69) is 0 Å². The molecule has 0 N–H and O–H groups in total. The highest BCUT2D eigenvalue weighted by Gasteiger charge is 2.50. The van der Waals surface area contributed by atoms with E-state index in [9.17, 15) is 0 Å². The van der Waals surface area contributed by atoms with Gasteiger partial charge in [0.1, 0.15) is 0 Å². The second-order valence-corrected chi connectivity index (χ2v) is 3.32. The van der Waals surface area contributed by atoms with Gasteiger partial charge in [-0.2, -0.15) is 0 Å². The molecule has 2 unspecified atom stereocenters. The summed E-state index contributed by atoms with van der Waals surface area (Å²) in [5.74, 6) is 1.70. The van der Waals surface area contributed by atoms with E-state index in [0.717, 1.165) is 11.8 Å². The molecule has 2 saturated carbocycles. The van der Waals surface area contributed by atoms with Crippen molar-refractivity contribution in [1.29, 1.82) is 0 Å². The highest BCUT2D eigenvalue weighted by molar-refractivity contribution is 6.29. The zero-order chi connectivity index (χ0) is 5.56. The van der Waals surface area contributed by atoms with Crippen LogP contribution in [-0.4, -0.2) is 0 Å². The molecule has 2 aliphatic rings. The molecular formula is C7H10Cl. The lowest BCUT2D eigenvalue weighted by Crippen LogP contribution is -1.91. The predicted octanol–water partition coefficient (Wildman–Crippen LogP) is 2.58. The summed E-state index contributed by atoms with van der Waals surface area (Å²) in [7, 11) is 0. The summed E-state index contributed by atoms with van der Waals surface area (Å²) >= 11 is 5.87. The number of halogens is 1. The Morgan fingerprint density at radius 1 is 1.12 bits per heavy atom. The third-order valence-electron chi connectivity index (χ3n) is 2.37. The van der Waals surface area contributed by atoms with E-state index in [-0.39, 0.29) is 0 Å². The molecule has 0 bridgehead atoms. The van der Waals surface area contributed by atoms with E-state index in [1.165, 1.54) is 31.1 Å². The average Bonchev–Trinajstić information content (AvgIpc) is 2.46. The molecule has 45 valence electrons. The number of hydrogen-bond donors (Lipinski definition) is 0. The monoisotopic (exact) mass is 129 g/mol. The minimum absolute atomic E-state index is 0.852. The zero-order valence-corrected chi connectivity index (χ0v) is 5.62. The normalized spacial score (nSPS) is 46.1. The third-order valence-corrected chi connectivity index (χ3v) is 2.93. The Morgan fingerprint density at radius 2 is 1.62 bits per heavy atom. The first kappa shape index (κ1) is 5.10. The van der Waals surface area contributed by atoms with Gasteiger partial charge in [0.15, 0.2) is 0 Å². The van der Waals surface area contributed by atoms with Crippen LogP contribution in [0.4, 0.5) is 0 Å². The summed E-state index contributed by atoms with van der Waals surface area (Å²) in [6, 6.07) is 0. The molecule has 2 aliphatic carbocycles. The molecule has 0 amide bonds. The highest BCUT2D eigenvalue weighted by Crippen LogP contribution is 2.59. The van der Waals surface area contributed by atoms with Crippen molar-refractivity contribution in [3.63, 3.8) is 0 Å². The topological polar surface area (TPSA) is 0 Å². The maximum absolute atomic E-state index is 5.87. The molecule has 0 saturated heterocycles. The van der Waals surface area contributed by atoms with Crippen molar-refractivity contribution < 1.29 is 0 Å². The molecule has 0 aromatic rings. The highest BCUT2D eigenvalue weighted by atomic mass is 35.5. The molecule has 0 aromatic carbocycles. The first-order valence-electron chi connectivity index (χ1n) is 3.42. The standard InChI is InChI=1S/C7H10Cl/c8-7-5-3-1-2-4-6(5)7/h5-6H,1-4H2. The molecule has 0 nitrogen and oxygen atoms in total. The first-order valence-corrected chi connectivity index (χ1v) is 3.79. The fraction of sp³-hybridized carbons (Fsp3) is 0.857. The van der Waals surface area contributed by atoms with Crippen molar-refractivity contribution >= 4 is 11.6 Å². The Balaban J connectivity index is 1.97. The Labute approximate surface area is 55.2 Å². The largest absolute Gasteiger partial charge is 0.117 e. The van der Waals surface area contributed by atoms with Gasteiger partial charge in [-0.1, -0.05) is 12.8 Å². The van der Waals surface area contributed by atoms with Crippen molar-refractivity contribution in [1.82, 2.24) is 0 Å². The van der Waals surface area contributed by atoms with Gasteiger partial charge in [-0.15, -0.1) is 11.6 Å². The minimum Gasteiger partial charge on any atom is -0.117 e. The molecule has 2 fully saturated rings. The van der Waals surface area contributed by atoms with Crippen LogP contribution in [0.2, 0.25) is 0 Å². The van der Waals surface area contributed by atoms with Crippen LogP contribution in [0.3, 0.4) is 0 Å². The van der Waals surface area contributed by atoms with Gasteiger partial charge in [0, 0.05) is 0 Å². The van der Waals surface area contributed by atoms with Gasteiger partial charge in [0.2, 0.25) is 0 Å². The molecule has 8 heavy (non-hydrogen) atoms. The Kier molecular flexibility index (Phi) is 1.04. The Bertz CT molecular complexity index is 88.6. The lowest BCUT2D eigenvalue weighted by atomic mass is 10.0. The summed E-state index contributed by atoms with van der Waals surface area (Å²) in [5, 5.41) is 1.28. The Hall–Kier alpha value is 0.290. The molecule has 2 rings (SSSR count). The smallest absolute Gasteiger partial charge is 0.0706 e. The minimum atomic E-state index is 0.852. The summed E-state index contributed by atoms with van der Waals surface area (Å²) in [5.41, 5.74) is 0. The van der Waals surface area contributed by atoms with Crippen molar-refractivity contribution in [2.24, 2.45) is 11.8 Å². The molecule has 0 aromatic heterocycles. The van der Waals surface area contributed by atoms with Gasteiger partial charge in [0.05, 0.1) is 5.38 Å². The summed E-state index contributed by atoms with van der Waals surface area (Å²) in [6.45, 7) is 0. The third kappa shape index (κ3) is 0.589. The fourth-order valence-electron chi connectivity index (χ4n) is 1.75. The van der Waals surface area contributed by atoms with Crippen LogP contribution in [0.25, 0.3) is 0 Å². The predicted molar refractivity (Wildman–Crippen MR) is 34.5 cm³/mol. The van der Waals surface area contributed by atoms with Crippen molar-refractivity contribution in [3.05, 3.63) is 5.38 Å². The second-order valence-electron chi connectivity index (χ2n) is 2.88. The number of hydrogen-bond acceptors (Lipinski definition) is 0. The first-order chi connectivity index (χ1) is 3.89. The van der Waals surface area contributed by atoms with Crippen LogP contribution in [0.1, 0.15) is 25.7 Å². The van der Waals surface area contributed by atoms with Crippen LogP contribution >= 0.6 is 11.6 Å². The maximum atomic E-state index is 5.87. The van der Waals surface area contributed by atoms with Gasteiger partial charge in [0.25, 0.3) is 0 Å². The van der Waals surface area contributed by atoms with Gasteiger partial charge < -0.3 is 0 Å². The van der Waals surface area contributed by atoms with E-state index in [4.69, 9.17) is 11.6 Å². The van der Waals surface area contributed by atoms with E-state index in [0.29, 0.717) is 0 Å². The van der Waals surface area contributed by atoms with Crippen molar-refractivity contribution in [3.8, 4) is 0 Å². The van der Waals surface area contributed by atoms with Crippen LogP contribution in [0.15, 0.2) is 0 Å². The molecule has 0 aliphatic heterocycles. The molecule has 2 atom stereocenters. The molecular weight excluding hydrogens is 120 g/mol. The molecule has 1 radical (unpaired) electrons. The second kappa shape index (κ2) is 1.63. The van der Waals surface area contributed by atoms with Crippen LogP contribution in [0.5, 0.6) is 0 Å². The van der Waals surface area contributed by atoms with Crippen LogP contribution in [0, 0.1) is 17.2 Å². The quantitative estimate of drug-likeness (QED) is 0.472. The van der Waals surface area contributed by atoms with E-state index >= 15 is 0 Å². The SMILES string of the molecule is Cl[C]1C2CCCCC12. The summed E-state index contributed by atoms with van der Waals surface area (Å²) in [4.78, 5) is 0. The van der Waals surface area contributed by atoms with Crippen LogP contribution in [-0.2, 0) is 0 Å². The fourth-order valence-corrected chi connectivity index (χ4v) is 2.21. The lowest BCUT2D eigenvalue weighted by molar-refractivity contribution is 0.480. The molecule has 0 heterocycles. The summed E-state index contributed by atoms with van der Waals surface area (Å²) in [6.07, 6.45) is 5.59. The van der Waals surface area contributed by atoms with Gasteiger partial charge >= 0.3 is 0 Å². The number of fused-ring (bicyclic) bond motifs is 1. The zero-order valence-electron chi connectivity index (χ0n) is 4.86. The van der Waals surface area contributed by atoms with Crippen molar-refractivity contribution in [2.45, 2.75) is 25.7 Å². The molecule has 0 spiro atoms. The van der Waals surface area contributed by atoms with Crippen molar-refractivity contribution in [2.75, 3.05) is 0 Å². The van der Waals surface area contributed by atoms with Gasteiger partial charge in [-0.25, -0.2) is 0 Å². The average molecular weight is 130 g/mol. The number of rotatable bonds is 0. The van der Waals surface area contributed by atoms with E-state index in [1.54, 1.807) is 0 Å². The lowest BCUT2D eigenvalue weighted by Gasteiger charge is -2.04. The summed E-state index contributed by atoms with van der Waals surface area (Å²) < 4.78 is 0. The van der Waals surface area contributed by atoms with Crippen LogP contribution < -0.4 is 0 Å². The maximum Gasteiger partial charge on any atom is 0.0706 e.